The third-order valence-corrected chi connectivity index (χ3v) is 10.6. The molecule has 4 aliphatic rings. The number of alkyl halides is 3. The summed E-state index contributed by atoms with van der Waals surface area (Å²) in [6.45, 7) is 6.78. The fourth-order valence-corrected chi connectivity index (χ4v) is 9.01. The van der Waals surface area contributed by atoms with Crippen molar-refractivity contribution in [2.24, 2.45) is 28.6 Å². The molecule has 4 rings (SSSR count). The van der Waals surface area contributed by atoms with Crippen molar-refractivity contribution in [2.75, 3.05) is 18.2 Å². The van der Waals surface area contributed by atoms with Gasteiger partial charge in [0.15, 0.2) is 17.1 Å². The van der Waals surface area contributed by atoms with Gasteiger partial charge in [-0.3, -0.25) is 14.4 Å². The van der Waals surface area contributed by atoms with Crippen molar-refractivity contribution in [3.63, 3.8) is 0 Å². The number of allylic oxidation sites excluding steroid dienone is 4. The second kappa shape index (κ2) is 10.0. The van der Waals surface area contributed by atoms with Gasteiger partial charge in [-0.15, -0.1) is 11.8 Å². The predicted octanol–water partition coefficient (Wildman–Crippen LogP) is 5.77. The molecule has 0 radical (unpaired) electrons. The predicted molar refractivity (Wildman–Crippen MR) is 138 cm³/mol. The number of hydrogen-bond acceptors (Lipinski definition) is 7. The summed E-state index contributed by atoms with van der Waals surface area (Å²) in [5.41, 5.74) is -6.23. The maximum atomic E-state index is 17.9. The Morgan fingerprint density at radius 2 is 1.92 bits per heavy atom. The van der Waals surface area contributed by atoms with E-state index in [1.807, 2.05) is 6.26 Å². The van der Waals surface area contributed by atoms with Crippen molar-refractivity contribution < 1.29 is 37.0 Å². The minimum atomic E-state index is -2.08. The lowest BCUT2D eigenvalue weighted by molar-refractivity contribution is -0.235. The topological polar surface area (TPSA) is 69.7 Å². The number of fused-ring (bicyclic) bond motifs is 5. The summed E-state index contributed by atoms with van der Waals surface area (Å²) in [5.74, 6) is -2.80. The molecule has 0 aliphatic heterocycles. The number of ketones is 1. The Morgan fingerprint density at radius 1 is 1.22 bits per heavy atom. The molecule has 0 N–H and O–H groups in total. The van der Waals surface area contributed by atoms with Crippen molar-refractivity contribution in [3.05, 3.63) is 23.8 Å². The van der Waals surface area contributed by atoms with E-state index in [1.54, 1.807) is 27.7 Å². The van der Waals surface area contributed by atoms with Crippen LogP contribution in [0.15, 0.2) is 23.8 Å². The molecule has 5 nitrogen and oxygen atoms in total. The molecule has 9 atom stereocenters. The van der Waals surface area contributed by atoms with Gasteiger partial charge in [0.05, 0.1) is 12.0 Å². The van der Waals surface area contributed by atoms with E-state index < -0.39 is 69.2 Å². The first kappa shape index (κ1) is 28.7. The maximum absolute atomic E-state index is 17.9. The van der Waals surface area contributed by atoms with E-state index in [9.17, 15) is 18.8 Å². The van der Waals surface area contributed by atoms with Gasteiger partial charge in [0.1, 0.15) is 12.2 Å². The van der Waals surface area contributed by atoms with Crippen molar-refractivity contribution in [3.8, 4) is 0 Å². The molecule has 0 amide bonds. The van der Waals surface area contributed by atoms with Crippen molar-refractivity contribution in [1.29, 1.82) is 0 Å². The van der Waals surface area contributed by atoms with Crippen LogP contribution >= 0.6 is 23.5 Å². The summed E-state index contributed by atoms with van der Waals surface area (Å²) < 4.78 is 59.3. The van der Waals surface area contributed by atoms with Crippen LogP contribution in [0.5, 0.6) is 0 Å². The first-order valence-electron chi connectivity index (χ1n) is 12.7. The minimum Gasteiger partial charge on any atom is -0.449 e. The highest BCUT2D eigenvalue weighted by molar-refractivity contribution is 8.13. The lowest BCUT2D eigenvalue weighted by atomic mass is 9.44. The molecule has 0 aromatic carbocycles. The summed E-state index contributed by atoms with van der Waals surface area (Å²) in [5, 5.41) is -0.605. The van der Waals surface area contributed by atoms with E-state index in [0.29, 0.717) is 18.2 Å². The van der Waals surface area contributed by atoms with E-state index in [1.165, 1.54) is 30.0 Å². The summed E-state index contributed by atoms with van der Waals surface area (Å²) in [6, 6.07) is -0.988. The number of rotatable bonds is 7. The molecule has 0 bridgehead atoms. The minimum absolute atomic E-state index is 0.0171. The van der Waals surface area contributed by atoms with Crippen LogP contribution in [-0.4, -0.2) is 58.6 Å². The zero-order valence-electron chi connectivity index (χ0n) is 21.9. The fourth-order valence-electron chi connectivity index (χ4n) is 7.92. The van der Waals surface area contributed by atoms with Gasteiger partial charge in [-0.25, -0.2) is 13.2 Å². The highest BCUT2D eigenvalue weighted by Crippen LogP contribution is 2.72. The van der Waals surface area contributed by atoms with Crippen LogP contribution in [0.1, 0.15) is 53.4 Å². The molecule has 3 fully saturated rings. The molecule has 4 aliphatic carbocycles. The zero-order valence-corrected chi connectivity index (χ0v) is 23.5. The molecular formula is C27H35F3O5S2. The number of halogens is 3. The van der Waals surface area contributed by atoms with Crippen LogP contribution in [0, 0.1) is 28.6 Å². The van der Waals surface area contributed by atoms with E-state index in [0.717, 1.165) is 0 Å². The molecule has 0 heterocycles. The Balaban J connectivity index is 1.92. The van der Waals surface area contributed by atoms with E-state index in [4.69, 9.17) is 9.47 Å². The van der Waals surface area contributed by atoms with Crippen LogP contribution in [0.2, 0.25) is 0 Å². The molecule has 0 aromatic heterocycles. The molecule has 0 aromatic rings. The van der Waals surface area contributed by atoms with Gasteiger partial charge < -0.3 is 9.47 Å². The Bertz CT molecular complexity index is 1040. The van der Waals surface area contributed by atoms with Crippen molar-refractivity contribution in [2.45, 2.75) is 76.9 Å². The molecule has 10 heteroatoms. The van der Waals surface area contributed by atoms with Crippen molar-refractivity contribution in [1.82, 2.24) is 0 Å². The van der Waals surface area contributed by atoms with Gasteiger partial charge in [-0.2, -0.15) is 0 Å². The smallest absolute Gasteiger partial charge is 0.306 e. The summed E-state index contributed by atoms with van der Waals surface area (Å²) in [6.07, 6.45) is 3.28. The second-order valence-electron chi connectivity index (χ2n) is 11.1. The first-order valence-corrected chi connectivity index (χ1v) is 15.1. The standard InChI is InChI=1S/C27H35F3O5S2/c1-6-22(32)35-27(23(33)37-13-28)15(2)9-17-18-11-20(29)19-10-16(31)7-8-24(19,3)26(18,30)21(34-14-36-5)12-25(17,27)4/h7-8,10,15,17-18,20-21H,6,9,11-14H2,1-5H3. The van der Waals surface area contributed by atoms with Gasteiger partial charge >= 0.3 is 5.97 Å². The summed E-state index contributed by atoms with van der Waals surface area (Å²) in [7, 11) is 0. The normalized spacial score (nSPS) is 44.5. The van der Waals surface area contributed by atoms with Crippen molar-refractivity contribution >= 4 is 40.4 Å². The van der Waals surface area contributed by atoms with Gasteiger partial charge in [0.2, 0.25) is 5.12 Å². The zero-order chi connectivity index (χ0) is 27.4. The quantitative estimate of drug-likeness (QED) is 0.289. The summed E-state index contributed by atoms with van der Waals surface area (Å²) in [4.78, 5) is 38.4. The van der Waals surface area contributed by atoms with Crippen LogP contribution in [0.4, 0.5) is 13.2 Å². The lowest BCUT2D eigenvalue weighted by Gasteiger charge is -2.63. The van der Waals surface area contributed by atoms with E-state index >= 15 is 8.78 Å². The number of hydrogen-bond donors (Lipinski definition) is 0. The molecule has 206 valence electrons. The van der Waals surface area contributed by atoms with Crippen LogP contribution in [0.25, 0.3) is 0 Å². The maximum Gasteiger partial charge on any atom is 0.306 e. The largest absolute Gasteiger partial charge is 0.449 e. The Labute approximate surface area is 224 Å². The van der Waals surface area contributed by atoms with Gasteiger partial charge in [0, 0.05) is 29.1 Å². The number of carbonyl (C=O) groups is 3. The van der Waals surface area contributed by atoms with Crippen LogP contribution in [-0.2, 0) is 23.9 Å². The second-order valence-corrected chi connectivity index (χ2v) is 12.8. The van der Waals surface area contributed by atoms with Gasteiger partial charge in [0.25, 0.3) is 0 Å². The Hall–Kier alpha value is -1.26. The number of esters is 1. The highest BCUT2D eigenvalue weighted by atomic mass is 32.2. The first-order chi connectivity index (χ1) is 17.4. The average Bonchev–Trinajstić information content (AvgIpc) is 3.07. The monoisotopic (exact) mass is 560 g/mol. The fraction of sp³-hybridized carbons (Fsp3) is 0.741. The SMILES string of the molecule is CCC(=O)OC1(C(=O)SCF)C(C)CC2C3CC(F)C4=CC(=O)C=CC4(C)C3(F)C(OCSC)CC21C. The van der Waals surface area contributed by atoms with Crippen LogP contribution < -0.4 is 0 Å². The third-order valence-electron chi connectivity index (χ3n) is 9.58. The molecule has 0 saturated heterocycles. The number of thioether (sulfide) groups is 2. The molecule has 3 saturated carbocycles. The average molecular weight is 561 g/mol. The Morgan fingerprint density at radius 3 is 2.54 bits per heavy atom. The molecule has 37 heavy (non-hydrogen) atoms. The lowest BCUT2D eigenvalue weighted by Crippen LogP contribution is -2.71. The molecule has 9 unspecified atom stereocenters. The van der Waals surface area contributed by atoms with Gasteiger partial charge in [-0.05, 0) is 67.8 Å². The molecule has 0 spiro atoms. The Kier molecular flexibility index (Phi) is 7.80. The summed E-state index contributed by atoms with van der Waals surface area (Å²) >= 11 is 1.81. The number of carbonyl (C=O) groups excluding carboxylic acids is 3. The van der Waals surface area contributed by atoms with E-state index in [-0.39, 0.29) is 36.6 Å². The number of ether oxygens (including phenoxy) is 2. The molecular weight excluding hydrogens is 525 g/mol. The van der Waals surface area contributed by atoms with Gasteiger partial charge in [-0.1, -0.05) is 26.8 Å². The van der Waals surface area contributed by atoms with Crippen LogP contribution in [0.3, 0.4) is 0 Å². The van der Waals surface area contributed by atoms with E-state index in [2.05, 4.69) is 0 Å². The highest BCUT2D eigenvalue weighted by Gasteiger charge is 2.78. The third kappa shape index (κ3) is 3.90.